The number of benzene rings is 6. The van der Waals surface area contributed by atoms with Crippen LogP contribution in [0.25, 0.3) is 43.8 Å². The number of nitrogens with one attached hydrogen (secondary N) is 2. The first-order chi connectivity index (χ1) is 20.7. The first kappa shape index (κ1) is 24.9. The third-order valence-corrected chi connectivity index (χ3v) is 8.36. The largest absolute Gasteiger partial charge is 0.454 e. The maximum absolute atomic E-state index is 6.64. The van der Waals surface area contributed by atoms with E-state index in [0.29, 0.717) is 10.6 Å². The zero-order valence-corrected chi connectivity index (χ0v) is 23.3. The molecule has 0 radical (unpaired) electrons. The van der Waals surface area contributed by atoms with Crippen molar-refractivity contribution in [2.45, 2.75) is 12.3 Å². The highest BCUT2D eigenvalue weighted by atomic mass is 35.5. The summed E-state index contributed by atoms with van der Waals surface area (Å²) >= 11 is 6.64. The SMILES string of the molecule is Clc1ccc(-c2ccc(C3NC(c4ccccc4)=NC(c4ccccc4)N3)c3ccccc23)c2c1oc1ccccc12. The van der Waals surface area contributed by atoms with Gasteiger partial charge in [-0.1, -0.05) is 133 Å². The third kappa shape index (κ3) is 4.16. The van der Waals surface area contributed by atoms with E-state index in [1.807, 2.05) is 48.5 Å². The van der Waals surface area contributed by atoms with Crippen molar-refractivity contribution in [2.75, 3.05) is 0 Å². The minimum absolute atomic E-state index is 0.165. The van der Waals surface area contributed by atoms with Crippen LogP contribution < -0.4 is 10.6 Å². The fourth-order valence-electron chi connectivity index (χ4n) is 6.10. The van der Waals surface area contributed by atoms with Gasteiger partial charge in [0.25, 0.3) is 0 Å². The van der Waals surface area contributed by atoms with Crippen LogP contribution in [-0.2, 0) is 0 Å². The molecule has 0 spiro atoms. The van der Waals surface area contributed by atoms with Gasteiger partial charge in [0, 0.05) is 16.3 Å². The van der Waals surface area contributed by atoms with E-state index in [1.54, 1.807) is 0 Å². The summed E-state index contributed by atoms with van der Waals surface area (Å²) in [5.74, 6) is 0.866. The lowest BCUT2D eigenvalue weighted by atomic mass is 9.91. The molecule has 42 heavy (non-hydrogen) atoms. The van der Waals surface area contributed by atoms with Crippen LogP contribution in [0.5, 0.6) is 0 Å². The van der Waals surface area contributed by atoms with Gasteiger partial charge < -0.3 is 9.73 Å². The molecule has 0 saturated carbocycles. The van der Waals surface area contributed by atoms with Crippen molar-refractivity contribution in [1.29, 1.82) is 0 Å². The number of hydrogen-bond acceptors (Lipinski definition) is 4. The van der Waals surface area contributed by atoms with Crippen molar-refractivity contribution in [3.8, 4) is 11.1 Å². The topological polar surface area (TPSA) is 49.6 Å². The van der Waals surface area contributed by atoms with Crippen molar-refractivity contribution < 1.29 is 4.42 Å². The molecule has 5 heteroatoms. The number of nitrogens with zero attached hydrogens (tertiary/aromatic N) is 1. The van der Waals surface area contributed by atoms with Crippen LogP contribution in [0.2, 0.25) is 5.02 Å². The highest BCUT2D eigenvalue weighted by Crippen LogP contribution is 2.43. The number of amidine groups is 1. The average molecular weight is 564 g/mol. The van der Waals surface area contributed by atoms with E-state index < -0.39 is 0 Å². The summed E-state index contributed by atoms with van der Waals surface area (Å²) in [6.07, 6.45) is -0.360. The van der Waals surface area contributed by atoms with Crippen molar-refractivity contribution in [2.24, 2.45) is 4.99 Å². The monoisotopic (exact) mass is 563 g/mol. The van der Waals surface area contributed by atoms with Crippen LogP contribution in [0.4, 0.5) is 0 Å². The van der Waals surface area contributed by atoms with Gasteiger partial charge in [0.2, 0.25) is 0 Å². The molecule has 0 amide bonds. The molecular weight excluding hydrogens is 538 g/mol. The molecule has 8 rings (SSSR count). The molecule has 0 aliphatic carbocycles. The van der Waals surface area contributed by atoms with E-state index in [4.69, 9.17) is 21.0 Å². The Hall–Kier alpha value is -4.90. The van der Waals surface area contributed by atoms with E-state index in [1.165, 1.54) is 0 Å². The van der Waals surface area contributed by atoms with Crippen LogP contribution >= 0.6 is 11.6 Å². The fraction of sp³-hybridized carbons (Fsp3) is 0.0541. The molecule has 4 nitrogen and oxygen atoms in total. The maximum Gasteiger partial charge on any atom is 0.154 e. The number of para-hydroxylation sites is 1. The minimum Gasteiger partial charge on any atom is -0.454 e. The molecule has 1 aliphatic rings. The average Bonchev–Trinajstić information content (AvgIpc) is 3.46. The van der Waals surface area contributed by atoms with Crippen LogP contribution in [0.1, 0.15) is 29.0 Å². The lowest BCUT2D eigenvalue weighted by Crippen LogP contribution is -2.45. The summed E-state index contributed by atoms with van der Waals surface area (Å²) in [5, 5.41) is 12.5. The van der Waals surface area contributed by atoms with Gasteiger partial charge >= 0.3 is 0 Å². The molecule has 6 aromatic carbocycles. The Morgan fingerprint density at radius 2 is 1.29 bits per heavy atom. The van der Waals surface area contributed by atoms with E-state index in [-0.39, 0.29) is 12.3 Å². The zero-order valence-electron chi connectivity index (χ0n) is 22.6. The zero-order chi connectivity index (χ0) is 28.0. The Bertz CT molecular complexity index is 2120. The summed E-state index contributed by atoms with van der Waals surface area (Å²) in [6, 6.07) is 45.9. The number of aliphatic imine (C=N–C) groups is 1. The van der Waals surface area contributed by atoms with Gasteiger partial charge in [0.15, 0.2) is 5.58 Å². The predicted octanol–water partition coefficient (Wildman–Crippen LogP) is 9.40. The molecule has 1 aliphatic heterocycles. The van der Waals surface area contributed by atoms with E-state index >= 15 is 0 Å². The lowest BCUT2D eigenvalue weighted by Gasteiger charge is -2.33. The number of furan rings is 1. The van der Waals surface area contributed by atoms with Gasteiger partial charge in [-0.25, -0.2) is 4.99 Å². The fourth-order valence-corrected chi connectivity index (χ4v) is 6.29. The Kier molecular flexibility index (Phi) is 6.03. The van der Waals surface area contributed by atoms with E-state index in [9.17, 15) is 0 Å². The normalized spacial score (nSPS) is 16.9. The van der Waals surface area contributed by atoms with Crippen LogP contribution in [0.3, 0.4) is 0 Å². The number of hydrogen-bond donors (Lipinski definition) is 2. The van der Waals surface area contributed by atoms with Crippen molar-refractivity contribution >= 4 is 50.1 Å². The molecule has 7 aromatic rings. The quantitative estimate of drug-likeness (QED) is 0.224. The van der Waals surface area contributed by atoms with Gasteiger partial charge in [0.1, 0.15) is 23.8 Å². The van der Waals surface area contributed by atoms with Crippen LogP contribution in [-0.4, -0.2) is 5.84 Å². The predicted molar refractivity (Wildman–Crippen MR) is 173 cm³/mol. The van der Waals surface area contributed by atoms with Crippen LogP contribution in [0.15, 0.2) is 143 Å². The number of fused-ring (bicyclic) bond motifs is 4. The van der Waals surface area contributed by atoms with Gasteiger partial charge in [-0.2, -0.15) is 0 Å². The molecule has 2 heterocycles. The summed E-state index contributed by atoms with van der Waals surface area (Å²) in [4.78, 5) is 5.08. The Labute approximate surface area is 248 Å². The van der Waals surface area contributed by atoms with Crippen LogP contribution in [0, 0.1) is 0 Å². The first-order valence-electron chi connectivity index (χ1n) is 14.1. The minimum atomic E-state index is -0.195. The molecule has 0 saturated heterocycles. The van der Waals surface area contributed by atoms with Gasteiger partial charge in [-0.3, -0.25) is 5.32 Å². The third-order valence-electron chi connectivity index (χ3n) is 8.06. The number of halogens is 1. The molecule has 2 atom stereocenters. The standard InChI is InChI=1S/C37H26ClN3O/c38-31-22-21-28(33-30-17-9-10-18-32(30)42-34(31)33)27-19-20-29(26-16-8-7-15-25(26)27)37-40-35(23-11-3-1-4-12-23)39-36(41-37)24-13-5-2-6-14-24/h1-22,35,37,40H,(H,39,41). The molecule has 2 N–H and O–H groups in total. The Morgan fingerprint density at radius 3 is 2.10 bits per heavy atom. The van der Waals surface area contributed by atoms with Crippen molar-refractivity contribution in [1.82, 2.24) is 10.6 Å². The molecule has 0 fully saturated rings. The molecule has 202 valence electrons. The van der Waals surface area contributed by atoms with E-state index in [2.05, 4.69) is 95.6 Å². The van der Waals surface area contributed by atoms with E-state index in [0.717, 1.165) is 60.8 Å². The summed E-state index contributed by atoms with van der Waals surface area (Å²) in [6.45, 7) is 0. The Balaban J connectivity index is 1.29. The summed E-state index contributed by atoms with van der Waals surface area (Å²) in [7, 11) is 0. The summed E-state index contributed by atoms with van der Waals surface area (Å²) < 4.78 is 6.22. The first-order valence-corrected chi connectivity index (χ1v) is 14.4. The highest BCUT2D eigenvalue weighted by molar-refractivity contribution is 6.36. The van der Waals surface area contributed by atoms with Crippen molar-refractivity contribution in [3.05, 3.63) is 155 Å². The second kappa shape index (κ2) is 10.2. The Morgan fingerprint density at radius 1 is 0.619 bits per heavy atom. The second-order valence-electron chi connectivity index (χ2n) is 10.5. The molecule has 0 bridgehead atoms. The van der Waals surface area contributed by atoms with Gasteiger partial charge in [0.05, 0.1) is 5.02 Å². The summed E-state index contributed by atoms with van der Waals surface area (Å²) in [5.41, 5.74) is 7.11. The lowest BCUT2D eigenvalue weighted by molar-refractivity contribution is 0.411. The maximum atomic E-state index is 6.64. The molecule has 2 unspecified atom stereocenters. The second-order valence-corrected chi connectivity index (χ2v) is 11.0. The number of rotatable bonds is 4. The van der Waals surface area contributed by atoms with Crippen molar-refractivity contribution in [3.63, 3.8) is 0 Å². The molecular formula is C37H26ClN3O. The molecule has 1 aromatic heterocycles. The smallest absolute Gasteiger partial charge is 0.154 e. The van der Waals surface area contributed by atoms with Gasteiger partial charge in [-0.05, 0) is 45.2 Å². The van der Waals surface area contributed by atoms with Gasteiger partial charge in [-0.15, -0.1) is 0 Å². The highest BCUT2D eigenvalue weighted by Gasteiger charge is 2.27.